The maximum atomic E-state index is 14.4. The van der Waals surface area contributed by atoms with Crippen molar-refractivity contribution in [2.75, 3.05) is 20.3 Å². The van der Waals surface area contributed by atoms with Crippen LogP contribution in [0.3, 0.4) is 0 Å². The molecule has 0 saturated heterocycles. The molecule has 0 bridgehead atoms. The largest absolute Gasteiger partial charge is 0.504 e. The van der Waals surface area contributed by atoms with Crippen LogP contribution in [0.5, 0.6) is 17.2 Å². The molecule has 0 atom stereocenters. The lowest BCUT2D eigenvalue weighted by Crippen LogP contribution is -2.25. The summed E-state index contributed by atoms with van der Waals surface area (Å²) in [6, 6.07) is 16.0. The Bertz CT molecular complexity index is 1040. The van der Waals surface area contributed by atoms with E-state index in [4.69, 9.17) is 21.1 Å². The summed E-state index contributed by atoms with van der Waals surface area (Å²) in [4.78, 5) is 2.10. The van der Waals surface area contributed by atoms with E-state index in [1.54, 1.807) is 18.2 Å². The molecule has 1 aliphatic rings. The zero-order valence-electron chi connectivity index (χ0n) is 16.0. The molecular formula is C23H21ClFNO3. The second-order valence-electron chi connectivity index (χ2n) is 7.01. The highest BCUT2D eigenvalue weighted by Crippen LogP contribution is 2.38. The van der Waals surface area contributed by atoms with E-state index in [-0.39, 0.29) is 11.6 Å². The maximum absolute atomic E-state index is 14.4. The quantitative estimate of drug-likeness (QED) is 0.634. The summed E-state index contributed by atoms with van der Waals surface area (Å²) >= 11 is 6.11. The molecule has 0 amide bonds. The molecule has 29 heavy (non-hydrogen) atoms. The Morgan fingerprint density at radius 1 is 1.14 bits per heavy atom. The predicted molar refractivity (Wildman–Crippen MR) is 111 cm³/mol. The Balaban J connectivity index is 1.62. The smallest absolute Gasteiger partial charge is 0.165 e. The highest BCUT2D eigenvalue weighted by molar-refractivity contribution is 6.30. The highest BCUT2D eigenvalue weighted by atomic mass is 35.5. The maximum Gasteiger partial charge on any atom is 0.165 e. The van der Waals surface area contributed by atoms with Crippen LogP contribution < -0.4 is 9.47 Å². The lowest BCUT2D eigenvalue weighted by atomic mass is 10.0. The molecule has 150 valence electrons. The number of fused-ring (bicyclic) bond motifs is 1. The van der Waals surface area contributed by atoms with Gasteiger partial charge in [-0.05, 0) is 41.5 Å². The Kier molecular flexibility index (Phi) is 5.60. The molecule has 3 aromatic carbocycles. The van der Waals surface area contributed by atoms with E-state index in [1.165, 1.54) is 13.2 Å². The summed E-state index contributed by atoms with van der Waals surface area (Å²) in [6.07, 6.45) is 0. The molecular weight excluding hydrogens is 393 g/mol. The van der Waals surface area contributed by atoms with E-state index in [0.29, 0.717) is 48.3 Å². The average Bonchev–Trinajstić information content (AvgIpc) is 2.91. The lowest BCUT2D eigenvalue weighted by molar-refractivity contribution is 0.215. The number of hydrogen-bond donors (Lipinski definition) is 1. The lowest BCUT2D eigenvalue weighted by Gasteiger charge is -2.20. The molecule has 6 heteroatoms. The first kappa shape index (κ1) is 19.6. The van der Waals surface area contributed by atoms with Gasteiger partial charge in [-0.1, -0.05) is 29.8 Å². The SMILES string of the molecule is COc1ccc(CN2CCOc3c(O)cc(-c4cccc(Cl)c4)cc3C2)c(F)c1. The van der Waals surface area contributed by atoms with Crippen molar-refractivity contribution in [3.63, 3.8) is 0 Å². The van der Waals surface area contributed by atoms with Gasteiger partial charge in [-0.2, -0.15) is 0 Å². The van der Waals surface area contributed by atoms with Crippen molar-refractivity contribution < 1.29 is 19.0 Å². The third-order valence-electron chi connectivity index (χ3n) is 5.01. The minimum absolute atomic E-state index is 0.0925. The number of rotatable bonds is 4. The van der Waals surface area contributed by atoms with E-state index in [2.05, 4.69) is 4.90 Å². The number of hydrogen-bond acceptors (Lipinski definition) is 4. The van der Waals surface area contributed by atoms with Crippen LogP contribution in [0.1, 0.15) is 11.1 Å². The van der Waals surface area contributed by atoms with Crippen molar-refractivity contribution in [3.8, 4) is 28.4 Å². The van der Waals surface area contributed by atoms with Gasteiger partial charge in [-0.15, -0.1) is 0 Å². The summed E-state index contributed by atoms with van der Waals surface area (Å²) in [5.41, 5.74) is 3.20. The fourth-order valence-corrected chi connectivity index (χ4v) is 3.74. The Morgan fingerprint density at radius 3 is 2.76 bits per heavy atom. The predicted octanol–water partition coefficient (Wildman–Crippen LogP) is 5.25. The average molecular weight is 414 g/mol. The summed E-state index contributed by atoms with van der Waals surface area (Å²) in [5, 5.41) is 11.1. The van der Waals surface area contributed by atoms with Gasteiger partial charge in [-0.25, -0.2) is 4.39 Å². The molecule has 3 aromatic rings. The molecule has 4 rings (SSSR count). The number of ether oxygens (including phenoxy) is 2. The van der Waals surface area contributed by atoms with Gasteiger partial charge in [-0.3, -0.25) is 4.90 Å². The second-order valence-corrected chi connectivity index (χ2v) is 7.45. The highest BCUT2D eigenvalue weighted by Gasteiger charge is 2.21. The third kappa shape index (κ3) is 4.31. The molecule has 0 spiro atoms. The van der Waals surface area contributed by atoms with Gasteiger partial charge in [0.25, 0.3) is 0 Å². The van der Waals surface area contributed by atoms with Crippen molar-refractivity contribution in [3.05, 3.63) is 76.6 Å². The molecule has 0 radical (unpaired) electrons. The molecule has 0 fully saturated rings. The molecule has 4 nitrogen and oxygen atoms in total. The Morgan fingerprint density at radius 2 is 2.00 bits per heavy atom. The zero-order chi connectivity index (χ0) is 20.4. The topological polar surface area (TPSA) is 41.9 Å². The van der Waals surface area contributed by atoms with E-state index in [0.717, 1.165) is 16.7 Å². The minimum Gasteiger partial charge on any atom is -0.504 e. The number of halogens is 2. The number of benzene rings is 3. The first-order valence-electron chi connectivity index (χ1n) is 9.33. The van der Waals surface area contributed by atoms with Gasteiger partial charge in [0, 0.05) is 41.9 Å². The number of nitrogens with zero attached hydrogens (tertiary/aromatic N) is 1. The number of aromatic hydroxyl groups is 1. The Labute approximate surface area is 174 Å². The molecule has 0 saturated carbocycles. The van der Waals surface area contributed by atoms with Crippen LogP contribution in [0.4, 0.5) is 4.39 Å². The van der Waals surface area contributed by atoms with Gasteiger partial charge in [0.15, 0.2) is 11.5 Å². The van der Waals surface area contributed by atoms with Gasteiger partial charge in [0.05, 0.1) is 7.11 Å². The van der Waals surface area contributed by atoms with Crippen LogP contribution in [0.2, 0.25) is 5.02 Å². The first-order valence-corrected chi connectivity index (χ1v) is 9.70. The second kappa shape index (κ2) is 8.31. The standard InChI is InChI=1S/C23H21ClFNO3/c1-28-20-6-5-16(21(25)12-20)13-26-7-8-29-23-18(14-26)9-17(11-22(23)27)15-3-2-4-19(24)10-15/h2-6,9-12,27H,7-8,13-14H2,1H3. The zero-order valence-corrected chi connectivity index (χ0v) is 16.7. The van der Waals surface area contributed by atoms with E-state index in [9.17, 15) is 9.50 Å². The van der Waals surface area contributed by atoms with Crippen LogP contribution in [0.15, 0.2) is 54.6 Å². The third-order valence-corrected chi connectivity index (χ3v) is 5.24. The number of phenols is 1. The summed E-state index contributed by atoms with van der Waals surface area (Å²) in [5.74, 6) is 0.764. The van der Waals surface area contributed by atoms with Crippen molar-refractivity contribution in [1.29, 1.82) is 0 Å². The van der Waals surface area contributed by atoms with Crippen LogP contribution in [-0.2, 0) is 13.1 Å². The van der Waals surface area contributed by atoms with Crippen molar-refractivity contribution in [2.45, 2.75) is 13.1 Å². The number of phenolic OH excluding ortho intramolecular Hbond substituents is 1. The van der Waals surface area contributed by atoms with Gasteiger partial charge < -0.3 is 14.6 Å². The minimum atomic E-state index is -0.301. The van der Waals surface area contributed by atoms with Crippen molar-refractivity contribution in [2.24, 2.45) is 0 Å². The molecule has 0 unspecified atom stereocenters. The number of methoxy groups -OCH3 is 1. The molecule has 1 aliphatic heterocycles. The van der Waals surface area contributed by atoms with E-state index in [1.807, 2.05) is 30.3 Å². The van der Waals surface area contributed by atoms with E-state index >= 15 is 0 Å². The van der Waals surface area contributed by atoms with E-state index < -0.39 is 0 Å². The van der Waals surface area contributed by atoms with Crippen LogP contribution >= 0.6 is 11.6 Å². The molecule has 0 aliphatic carbocycles. The van der Waals surface area contributed by atoms with Crippen LogP contribution in [-0.4, -0.2) is 30.3 Å². The summed E-state index contributed by atoms with van der Waals surface area (Å²) in [6.45, 7) is 1.99. The van der Waals surface area contributed by atoms with Gasteiger partial charge >= 0.3 is 0 Å². The van der Waals surface area contributed by atoms with Gasteiger partial charge in [0.1, 0.15) is 18.2 Å². The fraction of sp³-hybridized carbons (Fsp3) is 0.217. The van der Waals surface area contributed by atoms with Crippen molar-refractivity contribution in [1.82, 2.24) is 4.90 Å². The monoisotopic (exact) mass is 413 g/mol. The molecule has 1 heterocycles. The molecule has 0 aromatic heterocycles. The van der Waals surface area contributed by atoms with Crippen LogP contribution in [0, 0.1) is 5.82 Å². The summed E-state index contributed by atoms with van der Waals surface area (Å²) < 4.78 is 25.3. The Hall–Kier alpha value is -2.76. The van der Waals surface area contributed by atoms with Crippen molar-refractivity contribution >= 4 is 11.6 Å². The fourth-order valence-electron chi connectivity index (χ4n) is 3.55. The molecule has 1 N–H and O–H groups in total. The van der Waals surface area contributed by atoms with Gasteiger partial charge in [0.2, 0.25) is 0 Å². The first-order chi connectivity index (χ1) is 14.0. The van der Waals surface area contributed by atoms with Crippen LogP contribution in [0.25, 0.3) is 11.1 Å². The normalized spacial score (nSPS) is 14.0. The summed E-state index contributed by atoms with van der Waals surface area (Å²) in [7, 11) is 1.52.